The van der Waals surface area contributed by atoms with Crippen molar-refractivity contribution >= 4 is 17.5 Å². The minimum atomic E-state index is -4.37. The minimum Gasteiger partial charge on any atom is -0.484 e. The Morgan fingerprint density at radius 2 is 1.97 bits per heavy atom. The molecule has 32 heavy (non-hydrogen) atoms. The van der Waals surface area contributed by atoms with E-state index in [1.165, 1.54) is 4.80 Å². The maximum atomic E-state index is 12.3. The first kappa shape index (κ1) is 22.8. The smallest absolute Gasteiger partial charge is 0.457 e. The normalized spacial score (nSPS) is 25.8. The second-order valence-electron chi connectivity index (χ2n) is 7.96. The summed E-state index contributed by atoms with van der Waals surface area (Å²) in [7, 11) is 0. The van der Waals surface area contributed by atoms with E-state index >= 15 is 0 Å². The average Bonchev–Trinajstić information content (AvgIpc) is 3.19. The zero-order valence-electron chi connectivity index (χ0n) is 17.0. The molecule has 2 heterocycles. The summed E-state index contributed by atoms with van der Waals surface area (Å²) >= 11 is 5.81. The molecule has 2 fully saturated rings. The number of alkyl halides is 3. The van der Waals surface area contributed by atoms with Gasteiger partial charge in [0, 0.05) is 11.1 Å². The zero-order chi connectivity index (χ0) is 22.7. The maximum Gasteiger partial charge on any atom is 0.457 e. The summed E-state index contributed by atoms with van der Waals surface area (Å²) in [6.45, 7) is 0.215. The molecule has 2 aromatic rings. The second kappa shape index (κ2) is 9.63. The summed E-state index contributed by atoms with van der Waals surface area (Å²) < 4.78 is 48.3. The van der Waals surface area contributed by atoms with Gasteiger partial charge in [-0.3, -0.25) is 4.79 Å². The number of aromatic nitrogens is 3. The predicted octanol–water partition coefficient (Wildman–Crippen LogP) is 3.16. The molecule has 1 saturated carbocycles. The van der Waals surface area contributed by atoms with Crippen LogP contribution in [0.5, 0.6) is 5.75 Å². The number of amides is 1. The fourth-order valence-corrected chi connectivity index (χ4v) is 3.91. The highest BCUT2D eigenvalue weighted by Crippen LogP contribution is 2.34. The van der Waals surface area contributed by atoms with Crippen molar-refractivity contribution in [1.29, 1.82) is 0 Å². The number of nitrogens with one attached hydrogen (secondary N) is 2. The van der Waals surface area contributed by atoms with Gasteiger partial charge in [0.1, 0.15) is 17.5 Å². The van der Waals surface area contributed by atoms with Crippen LogP contribution in [0.25, 0.3) is 0 Å². The van der Waals surface area contributed by atoms with E-state index in [9.17, 15) is 18.0 Å². The fourth-order valence-electron chi connectivity index (χ4n) is 3.79. The lowest BCUT2D eigenvalue weighted by atomic mass is 9.87. The van der Waals surface area contributed by atoms with Crippen molar-refractivity contribution in [3.8, 4) is 5.75 Å². The molecule has 1 aromatic heterocycles. The Morgan fingerprint density at radius 1 is 1.22 bits per heavy atom. The highest BCUT2D eigenvalue weighted by atomic mass is 35.5. The third-order valence-corrected chi connectivity index (χ3v) is 5.74. The van der Waals surface area contributed by atoms with Gasteiger partial charge in [-0.05, 0) is 49.9 Å². The van der Waals surface area contributed by atoms with Gasteiger partial charge in [-0.2, -0.15) is 28.2 Å². The molecule has 0 unspecified atom stereocenters. The summed E-state index contributed by atoms with van der Waals surface area (Å²) in [6, 6.07) is 5.85. The first-order valence-electron chi connectivity index (χ1n) is 10.3. The van der Waals surface area contributed by atoms with Crippen molar-refractivity contribution < 1.29 is 27.4 Å². The Bertz CT molecular complexity index is 910. The molecular weight excluding hydrogens is 451 g/mol. The maximum absolute atomic E-state index is 12.3. The monoisotopic (exact) mass is 473 g/mol. The van der Waals surface area contributed by atoms with Gasteiger partial charge in [-0.25, -0.2) is 5.32 Å². The van der Waals surface area contributed by atoms with Gasteiger partial charge in [-0.1, -0.05) is 11.6 Å². The molecule has 174 valence electrons. The summed E-state index contributed by atoms with van der Waals surface area (Å²) in [5, 5.41) is 13.7. The topological polar surface area (TPSA) is 90.3 Å². The van der Waals surface area contributed by atoms with Crippen LogP contribution in [0.2, 0.25) is 5.02 Å². The number of rotatable bonds is 7. The Labute approximate surface area is 187 Å². The molecule has 1 aliphatic carbocycles. The van der Waals surface area contributed by atoms with E-state index in [4.69, 9.17) is 21.1 Å². The molecular formula is C20H23ClF3N5O3. The molecule has 2 atom stereocenters. The largest absolute Gasteiger partial charge is 0.484 e. The molecule has 1 aliphatic heterocycles. The summed E-state index contributed by atoms with van der Waals surface area (Å²) in [6.07, 6.45) is -1.05. The lowest BCUT2D eigenvalue weighted by Crippen LogP contribution is -2.48. The summed E-state index contributed by atoms with van der Waals surface area (Å²) in [5.74, 6) is 0.310. The Hall–Kier alpha value is -2.37. The van der Waals surface area contributed by atoms with Crippen LogP contribution in [0, 0.1) is 0 Å². The van der Waals surface area contributed by atoms with E-state index in [1.807, 2.05) is 0 Å². The van der Waals surface area contributed by atoms with Crippen LogP contribution in [0.15, 0.2) is 30.5 Å². The number of nitrogens with zero attached hydrogens (tertiary/aromatic N) is 3. The van der Waals surface area contributed by atoms with E-state index in [2.05, 4.69) is 15.5 Å². The molecule has 0 bridgehead atoms. The lowest BCUT2D eigenvalue weighted by Gasteiger charge is -2.35. The van der Waals surface area contributed by atoms with Crippen LogP contribution < -0.4 is 15.4 Å². The summed E-state index contributed by atoms with van der Waals surface area (Å²) in [4.78, 5) is 13.6. The number of benzene rings is 1. The Morgan fingerprint density at radius 3 is 2.62 bits per heavy atom. The number of hydrogen-bond acceptors (Lipinski definition) is 6. The SMILES string of the molecule is O=C(COc1ccc(Cl)cc1)N[C@H]1CC[C@H](c2cnn(C3CC(NC(F)(F)F)C3)n2)OC1. The van der Waals surface area contributed by atoms with Gasteiger partial charge in [0.15, 0.2) is 6.61 Å². The van der Waals surface area contributed by atoms with Gasteiger partial charge in [0.2, 0.25) is 0 Å². The lowest BCUT2D eigenvalue weighted by molar-refractivity contribution is -0.171. The first-order chi connectivity index (χ1) is 15.2. The quantitative estimate of drug-likeness (QED) is 0.600. The van der Waals surface area contributed by atoms with Crippen LogP contribution >= 0.6 is 11.6 Å². The number of hydrogen-bond donors (Lipinski definition) is 2. The molecule has 0 radical (unpaired) electrons. The molecule has 0 spiro atoms. The number of carbonyl (C=O) groups excluding carboxylic acids is 1. The van der Waals surface area contributed by atoms with E-state index < -0.39 is 12.3 Å². The minimum absolute atomic E-state index is 0.110. The van der Waals surface area contributed by atoms with Gasteiger partial charge in [-0.15, -0.1) is 0 Å². The van der Waals surface area contributed by atoms with Crippen LogP contribution in [0.4, 0.5) is 13.2 Å². The highest BCUT2D eigenvalue weighted by molar-refractivity contribution is 6.30. The third-order valence-electron chi connectivity index (χ3n) is 5.49. The Kier molecular flexibility index (Phi) is 6.87. The van der Waals surface area contributed by atoms with Crippen LogP contribution in [-0.2, 0) is 9.53 Å². The van der Waals surface area contributed by atoms with Gasteiger partial charge in [0.25, 0.3) is 5.91 Å². The average molecular weight is 474 g/mol. The van der Waals surface area contributed by atoms with Crippen molar-refractivity contribution in [1.82, 2.24) is 25.6 Å². The molecule has 1 saturated heterocycles. The van der Waals surface area contributed by atoms with Crippen LogP contribution in [0.3, 0.4) is 0 Å². The molecule has 8 nitrogen and oxygen atoms in total. The first-order valence-corrected chi connectivity index (χ1v) is 10.7. The number of halogens is 4. The highest BCUT2D eigenvalue weighted by Gasteiger charge is 2.40. The molecule has 12 heteroatoms. The summed E-state index contributed by atoms with van der Waals surface area (Å²) in [5.41, 5.74) is 0.646. The third kappa shape index (κ3) is 6.11. The molecule has 4 rings (SSSR count). The van der Waals surface area contributed by atoms with Crippen molar-refractivity contribution in [3.05, 3.63) is 41.2 Å². The van der Waals surface area contributed by atoms with Crippen LogP contribution in [-0.4, -0.2) is 52.5 Å². The standard InChI is InChI=1S/C20H23ClF3N5O3/c21-12-1-4-16(5-2-12)31-11-19(30)26-13-3-6-18(32-10-13)17-9-25-29(28-17)15-7-14(8-15)27-20(22,23)24/h1-2,4-5,9,13-15,18,27H,3,6-8,10-11H2,(H,26,30)/t13-,14?,15?,18+/m0/s1. The molecule has 1 aromatic carbocycles. The van der Waals surface area contributed by atoms with Crippen LogP contribution in [0.1, 0.15) is 43.5 Å². The number of carbonyl (C=O) groups is 1. The predicted molar refractivity (Wildman–Crippen MR) is 108 cm³/mol. The van der Waals surface area contributed by atoms with Crippen molar-refractivity contribution in [2.45, 2.75) is 56.2 Å². The van der Waals surface area contributed by atoms with E-state index in [0.717, 1.165) is 0 Å². The zero-order valence-corrected chi connectivity index (χ0v) is 17.8. The van der Waals surface area contributed by atoms with E-state index in [1.54, 1.807) is 35.8 Å². The number of ether oxygens (including phenoxy) is 2. The van der Waals surface area contributed by atoms with E-state index in [0.29, 0.717) is 48.8 Å². The second-order valence-corrected chi connectivity index (χ2v) is 8.40. The van der Waals surface area contributed by atoms with Crippen molar-refractivity contribution in [2.24, 2.45) is 0 Å². The molecule has 2 N–H and O–H groups in total. The Balaban J connectivity index is 1.17. The van der Waals surface area contributed by atoms with Crippen molar-refractivity contribution in [3.63, 3.8) is 0 Å². The molecule has 1 amide bonds. The van der Waals surface area contributed by atoms with Gasteiger partial charge < -0.3 is 14.8 Å². The van der Waals surface area contributed by atoms with Gasteiger partial charge in [0.05, 0.1) is 24.9 Å². The van der Waals surface area contributed by atoms with E-state index in [-0.39, 0.29) is 30.7 Å². The molecule has 2 aliphatic rings. The van der Waals surface area contributed by atoms with Crippen molar-refractivity contribution in [2.75, 3.05) is 13.2 Å². The fraction of sp³-hybridized carbons (Fsp3) is 0.550. The van der Waals surface area contributed by atoms with Gasteiger partial charge >= 0.3 is 6.30 Å².